The number of carbonyl (C=O) groups is 1. The molecule has 1 unspecified atom stereocenters. The first-order valence-corrected chi connectivity index (χ1v) is 8.38. The fraction of sp³-hybridized carbons (Fsp3) is 0.750. The van der Waals surface area contributed by atoms with Gasteiger partial charge in [-0.2, -0.15) is 0 Å². The zero-order valence-electron chi connectivity index (χ0n) is 10.7. The lowest BCUT2D eigenvalue weighted by atomic mass is 10.2. The van der Waals surface area contributed by atoms with Crippen molar-refractivity contribution in [3.8, 4) is 0 Å². The van der Waals surface area contributed by atoms with Crippen molar-refractivity contribution in [2.24, 2.45) is 0 Å². The number of hydrogen-bond donors (Lipinski definition) is 0. The fourth-order valence-electron chi connectivity index (χ4n) is 1.08. The van der Waals surface area contributed by atoms with E-state index in [1.165, 1.54) is 0 Å². The van der Waals surface area contributed by atoms with Crippen LogP contribution in [0.5, 0.6) is 0 Å². The molecule has 2 nitrogen and oxygen atoms in total. The fourth-order valence-corrected chi connectivity index (χ4v) is 2.46. The van der Waals surface area contributed by atoms with Crippen LogP contribution in [0.4, 0.5) is 0 Å². The van der Waals surface area contributed by atoms with Crippen molar-refractivity contribution in [3.05, 3.63) is 12.7 Å². The molecule has 0 radical (unpaired) electrons. The highest BCUT2D eigenvalue weighted by Gasteiger charge is 2.38. The maximum absolute atomic E-state index is 10.5. The summed E-state index contributed by atoms with van der Waals surface area (Å²) in [6, 6.07) is 0. The van der Waals surface area contributed by atoms with Crippen LogP contribution in [0.1, 0.15) is 33.6 Å². The van der Waals surface area contributed by atoms with E-state index in [1.807, 2.05) is 6.08 Å². The third-order valence-corrected chi connectivity index (χ3v) is 7.59. The molecule has 0 aliphatic rings. The first-order valence-electron chi connectivity index (χ1n) is 5.47. The molecular weight excluding hydrogens is 204 g/mol. The summed E-state index contributed by atoms with van der Waals surface area (Å²) in [5.74, 6) is 0. The first-order chi connectivity index (χ1) is 6.74. The molecule has 0 aromatic heterocycles. The van der Waals surface area contributed by atoms with Gasteiger partial charge in [-0.3, -0.25) is 0 Å². The van der Waals surface area contributed by atoms with Gasteiger partial charge in [0.1, 0.15) is 6.29 Å². The third kappa shape index (κ3) is 4.75. The molecule has 88 valence electrons. The highest BCUT2D eigenvalue weighted by Crippen LogP contribution is 2.37. The van der Waals surface area contributed by atoms with Crippen molar-refractivity contribution < 1.29 is 9.22 Å². The Balaban J connectivity index is 4.50. The monoisotopic (exact) mass is 228 g/mol. The van der Waals surface area contributed by atoms with E-state index in [0.717, 1.165) is 12.7 Å². The number of rotatable bonds is 6. The van der Waals surface area contributed by atoms with Crippen molar-refractivity contribution in [2.75, 3.05) is 0 Å². The Bertz CT molecular complexity index is 206. The highest BCUT2D eigenvalue weighted by molar-refractivity contribution is 6.74. The molecule has 0 spiro atoms. The largest absolute Gasteiger partial charge is 0.413 e. The molecular formula is C12H24O2Si. The van der Waals surface area contributed by atoms with Crippen molar-refractivity contribution >= 4 is 14.6 Å². The van der Waals surface area contributed by atoms with Crippen LogP contribution in [0.25, 0.3) is 0 Å². The van der Waals surface area contributed by atoms with Crippen LogP contribution >= 0.6 is 0 Å². The van der Waals surface area contributed by atoms with Gasteiger partial charge in [0.2, 0.25) is 0 Å². The maximum Gasteiger partial charge on any atom is 0.192 e. The lowest BCUT2D eigenvalue weighted by molar-refractivity contribution is -0.109. The van der Waals surface area contributed by atoms with E-state index >= 15 is 0 Å². The van der Waals surface area contributed by atoms with E-state index in [0.29, 0.717) is 6.42 Å². The average Bonchev–Trinajstić information content (AvgIpc) is 2.02. The second-order valence-corrected chi connectivity index (χ2v) is 10.2. The van der Waals surface area contributed by atoms with E-state index in [1.54, 1.807) is 0 Å². The normalized spacial score (nSPS) is 14.7. The second kappa shape index (κ2) is 5.61. The van der Waals surface area contributed by atoms with Crippen molar-refractivity contribution in [1.82, 2.24) is 0 Å². The minimum Gasteiger partial charge on any atom is -0.413 e. The zero-order valence-corrected chi connectivity index (χ0v) is 11.7. The Morgan fingerprint density at radius 3 is 2.20 bits per heavy atom. The van der Waals surface area contributed by atoms with Gasteiger partial charge in [0.25, 0.3) is 0 Å². The van der Waals surface area contributed by atoms with Crippen LogP contribution in [0.3, 0.4) is 0 Å². The Morgan fingerprint density at radius 1 is 1.33 bits per heavy atom. The standard InChI is InChI=1S/C12H24O2Si/c1-7-8-11(9-10-13)14-15(5,6)12(2,3)4/h7,10-11H,1,8-9H2,2-6H3. The van der Waals surface area contributed by atoms with Crippen LogP contribution in [-0.2, 0) is 9.22 Å². The third-order valence-electron chi connectivity index (χ3n) is 3.06. The molecule has 0 N–H and O–H groups in total. The van der Waals surface area contributed by atoms with Gasteiger partial charge in [-0.05, 0) is 24.6 Å². The van der Waals surface area contributed by atoms with Crippen LogP contribution in [0.2, 0.25) is 18.1 Å². The Hall–Kier alpha value is -0.413. The van der Waals surface area contributed by atoms with Gasteiger partial charge in [0.15, 0.2) is 8.32 Å². The topological polar surface area (TPSA) is 26.3 Å². The Morgan fingerprint density at radius 2 is 1.87 bits per heavy atom. The van der Waals surface area contributed by atoms with Crippen LogP contribution in [0, 0.1) is 0 Å². The predicted octanol–water partition coefficient (Wildman–Crippen LogP) is 3.54. The summed E-state index contributed by atoms with van der Waals surface area (Å²) in [5, 5.41) is 0.190. The molecule has 0 aliphatic heterocycles. The summed E-state index contributed by atoms with van der Waals surface area (Å²) < 4.78 is 6.12. The molecule has 15 heavy (non-hydrogen) atoms. The summed E-state index contributed by atoms with van der Waals surface area (Å²) >= 11 is 0. The predicted molar refractivity (Wildman–Crippen MR) is 67.6 cm³/mol. The molecule has 0 saturated heterocycles. The molecule has 0 fully saturated rings. The number of aldehydes is 1. The van der Waals surface area contributed by atoms with Gasteiger partial charge in [-0.15, -0.1) is 6.58 Å². The van der Waals surface area contributed by atoms with Gasteiger partial charge in [0.05, 0.1) is 6.10 Å². The van der Waals surface area contributed by atoms with Crippen LogP contribution in [-0.4, -0.2) is 20.7 Å². The minimum atomic E-state index is -1.75. The molecule has 0 aromatic rings. The Kier molecular flexibility index (Phi) is 5.46. The van der Waals surface area contributed by atoms with E-state index in [9.17, 15) is 4.79 Å². The molecule has 3 heteroatoms. The van der Waals surface area contributed by atoms with Gasteiger partial charge < -0.3 is 9.22 Å². The molecule has 0 heterocycles. The minimum absolute atomic E-state index is 0.0147. The zero-order chi connectivity index (χ0) is 12.1. The summed E-state index contributed by atoms with van der Waals surface area (Å²) in [6.07, 6.45) is 3.99. The summed E-state index contributed by atoms with van der Waals surface area (Å²) in [7, 11) is -1.75. The number of carbonyl (C=O) groups excluding carboxylic acids is 1. The molecule has 0 amide bonds. The van der Waals surface area contributed by atoms with Gasteiger partial charge in [0, 0.05) is 6.42 Å². The number of hydrogen-bond acceptors (Lipinski definition) is 2. The summed E-state index contributed by atoms with van der Waals surface area (Å²) in [6.45, 7) is 14.7. The Labute approximate surface area is 94.8 Å². The lowest BCUT2D eigenvalue weighted by Crippen LogP contribution is -2.43. The quantitative estimate of drug-likeness (QED) is 0.395. The van der Waals surface area contributed by atoms with Gasteiger partial charge >= 0.3 is 0 Å². The summed E-state index contributed by atoms with van der Waals surface area (Å²) in [4.78, 5) is 10.5. The SMILES string of the molecule is C=CCC(CC=O)O[Si](C)(C)C(C)(C)C. The molecule has 1 atom stereocenters. The highest BCUT2D eigenvalue weighted by atomic mass is 28.4. The average molecular weight is 228 g/mol. The summed E-state index contributed by atoms with van der Waals surface area (Å²) in [5.41, 5.74) is 0. The smallest absolute Gasteiger partial charge is 0.192 e. The van der Waals surface area contributed by atoms with Gasteiger partial charge in [-0.1, -0.05) is 26.8 Å². The molecule has 0 saturated carbocycles. The van der Waals surface area contributed by atoms with Gasteiger partial charge in [-0.25, -0.2) is 0 Å². The lowest BCUT2D eigenvalue weighted by Gasteiger charge is -2.38. The van der Waals surface area contributed by atoms with Crippen molar-refractivity contribution in [2.45, 2.75) is 57.8 Å². The van der Waals surface area contributed by atoms with Crippen LogP contribution < -0.4 is 0 Å². The maximum atomic E-state index is 10.5. The molecule has 0 bridgehead atoms. The van der Waals surface area contributed by atoms with E-state index in [2.05, 4.69) is 40.4 Å². The van der Waals surface area contributed by atoms with Crippen molar-refractivity contribution in [3.63, 3.8) is 0 Å². The molecule has 0 rings (SSSR count). The van der Waals surface area contributed by atoms with Crippen molar-refractivity contribution in [1.29, 1.82) is 0 Å². The van der Waals surface area contributed by atoms with E-state index < -0.39 is 8.32 Å². The first kappa shape index (κ1) is 14.6. The van der Waals surface area contributed by atoms with E-state index in [-0.39, 0.29) is 11.1 Å². The van der Waals surface area contributed by atoms with Crippen LogP contribution in [0.15, 0.2) is 12.7 Å². The second-order valence-electron chi connectivity index (χ2n) is 5.43. The molecule has 0 aromatic carbocycles. The van der Waals surface area contributed by atoms with E-state index in [4.69, 9.17) is 4.43 Å². The molecule has 0 aliphatic carbocycles.